The van der Waals surface area contributed by atoms with E-state index in [-0.39, 0.29) is 5.54 Å². The van der Waals surface area contributed by atoms with Crippen molar-refractivity contribution in [1.82, 2.24) is 29.4 Å². The second-order valence-electron chi connectivity index (χ2n) is 12.9. The fraction of sp³-hybridized carbons (Fsp3) is 0.594. The summed E-state index contributed by atoms with van der Waals surface area (Å²) in [5.74, 6) is 1.29. The van der Waals surface area contributed by atoms with Crippen LogP contribution in [-0.4, -0.2) is 80.2 Å². The van der Waals surface area contributed by atoms with Gasteiger partial charge in [-0.2, -0.15) is 5.10 Å². The monoisotopic (exact) mass is 572 g/mol. The minimum absolute atomic E-state index is 0.233. The summed E-state index contributed by atoms with van der Waals surface area (Å²) >= 11 is 1.95. The molecule has 1 N–H and O–H groups in total. The van der Waals surface area contributed by atoms with Gasteiger partial charge in [0.1, 0.15) is 16.7 Å². The Labute approximate surface area is 245 Å². The number of H-pyrrole nitrogens is 1. The first kappa shape index (κ1) is 25.9. The predicted molar refractivity (Wildman–Crippen MR) is 162 cm³/mol. The van der Waals surface area contributed by atoms with Crippen molar-refractivity contribution in [2.45, 2.75) is 83.1 Å². The number of amides is 1. The normalized spacial score (nSPS) is 21.4. The zero-order chi connectivity index (χ0) is 27.9. The molecule has 0 unspecified atom stereocenters. The SMILES string of the molecule is Cc1c(C2CCN(C(=O)C3(N4CCOCC4)CC3)CC2)sc2[nH]c(-c3cn4ncnc4c4c3CCC4)c(C(C)C)c12. The summed E-state index contributed by atoms with van der Waals surface area (Å²) in [5.41, 5.74) is 9.03. The van der Waals surface area contributed by atoms with Crippen molar-refractivity contribution in [3.8, 4) is 11.3 Å². The summed E-state index contributed by atoms with van der Waals surface area (Å²) in [6, 6.07) is 0. The van der Waals surface area contributed by atoms with Gasteiger partial charge in [0, 0.05) is 53.8 Å². The molecule has 0 spiro atoms. The Morgan fingerprint density at radius 2 is 1.88 bits per heavy atom. The van der Waals surface area contributed by atoms with Crippen molar-refractivity contribution in [3.05, 3.63) is 39.7 Å². The summed E-state index contributed by atoms with van der Waals surface area (Å²) < 4.78 is 7.52. The van der Waals surface area contributed by atoms with Crippen LogP contribution in [-0.2, 0) is 22.4 Å². The molecule has 1 saturated carbocycles. The Bertz CT molecular complexity index is 1650. The van der Waals surface area contributed by atoms with Crippen LogP contribution in [0, 0.1) is 6.92 Å². The molecule has 0 bridgehead atoms. The smallest absolute Gasteiger partial charge is 0.243 e. The van der Waals surface area contributed by atoms with Gasteiger partial charge in [-0.1, -0.05) is 13.8 Å². The standard InChI is InChI=1S/C32H40N6O2S/c1-19(2)25-26-20(3)28(21-7-11-36(12-8-21)31(39)32(9-10-32)37-13-15-40-16-14-37)41-30(26)35-27(25)24-17-38-29(33-18-34-38)23-6-4-5-22(23)24/h17-19,21,35H,4-16H2,1-3H3. The maximum Gasteiger partial charge on any atom is 0.243 e. The van der Waals surface area contributed by atoms with Crippen LogP contribution in [0.25, 0.3) is 27.1 Å². The van der Waals surface area contributed by atoms with Crippen LogP contribution in [0.3, 0.4) is 0 Å². The lowest BCUT2D eigenvalue weighted by Crippen LogP contribution is -2.55. The van der Waals surface area contributed by atoms with Crippen LogP contribution in [0.15, 0.2) is 12.5 Å². The van der Waals surface area contributed by atoms with Gasteiger partial charge in [0.05, 0.1) is 18.9 Å². The van der Waals surface area contributed by atoms with Crippen molar-refractivity contribution in [2.24, 2.45) is 0 Å². The van der Waals surface area contributed by atoms with E-state index in [0.29, 0.717) is 17.7 Å². The molecule has 9 heteroatoms. The first-order chi connectivity index (χ1) is 20.0. The van der Waals surface area contributed by atoms with Gasteiger partial charge in [-0.15, -0.1) is 11.3 Å². The molecular formula is C32H40N6O2S. The molecule has 0 atom stereocenters. The quantitative estimate of drug-likeness (QED) is 0.345. The number of aromatic amines is 1. The first-order valence-corrected chi connectivity index (χ1v) is 16.4. The van der Waals surface area contributed by atoms with Gasteiger partial charge in [0.15, 0.2) is 5.65 Å². The second-order valence-corrected chi connectivity index (χ2v) is 14.0. The second kappa shape index (κ2) is 9.64. The Kier molecular flexibility index (Phi) is 6.10. The molecular weight excluding hydrogens is 532 g/mol. The number of hydrogen-bond donors (Lipinski definition) is 1. The maximum absolute atomic E-state index is 13.7. The number of morpholine rings is 1. The van der Waals surface area contributed by atoms with Crippen molar-refractivity contribution in [1.29, 1.82) is 0 Å². The third kappa shape index (κ3) is 3.95. The average Bonchev–Trinajstić information content (AvgIpc) is 3.34. The molecule has 2 aliphatic heterocycles. The molecule has 4 aliphatic rings. The van der Waals surface area contributed by atoms with Gasteiger partial charge in [-0.05, 0) is 80.4 Å². The molecule has 4 aromatic rings. The van der Waals surface area contributed by atoms with E-state index in [0.717, 1.165) is 83.6 Å². The fourth-order valence-corrected chi connectivity index (χ4v) is 9.50. The predicted octanol–water partition coefficient (Wildman–Crippen LogP) is 5.43. The Morgan fingerprint density at radius 3 is 2.61 bits per heavy atom. The molecule has 1 amide bonds. The van der Waals surface area contributed by atoms with Crippen molar-refractivity contribution >= 4 is 33.1 Å². The largest absolute Gasteiger partial charge is 0.379 e. The topological polar surface area (TPSA) is 78.8 Å². The van der Waals surface area contributed by atoms with E-state index in [1.54, 1.807) is 6.33 Å². The number of carbonyl (C=O) groups is 1. The third-order valence-corrected chi connectivity index (χ3v) is 11.7. The van der Waals surface area contributed by atoms with Crippen LogP contribution < -0.4 is 0 Å². The number of hydrogen-bond acceptors (Lipinski definition) is 6. The van der Waals surface area contributed by atoms with Gasteiger partial charge in [0.25, 0.3) is 0 Å². The highest BCUT2D eigenvalue weighted by Gasteiger charge is 2.56. The molecule has 0 aromatic carbocycles. The van der Waals surface area contributed by atoms with Gasteiger partial charge in [-0.25, -0.2) is 9.50 Å². The molecule has 4 aromatic heterocycles. The molecule has 6 heterocycles. The number of nitrogens with one attached hydrogen (secondary N) is 1. The van der Waals surface area contributed by atoms with E-state index in [4.69, 9.17) is 4.74 Å². The Hall–Kier alpha value is -2.75. The Balaban J connectivity index is 1.08. The van der Waals surface area contributed by atoms with Gasteiger partial charge < -0.3 is 14.6 Å². The van der Waals surface area contributed by atoms with Crippen LogP contribution in [0.1, 0.15) is 84.9 Å². The molecule has 41 heavy (non-hydrogen) atoms. The maximum atomic E-state index is 13.7. The highest BCUT2D eigenvalue weighted by atomic mass is 32.1. The third-order valence-electron chi connectivity index (χ3n) is 10.3. The van der Waals surface area contributed by atoms with Crippen LogP contribution in [0.4, 0.5) is 0 Å². The van der Waals surface area contributed by atoms with Crippen molar-refractivity contribution < 1.29 is 9.53 Å². The van der Waals surface area contributed by atoms with Crippen LogP contribution in [0.2, 0.25) is 0 Å². The zero-order valence-corrected chi connectivity index (χ0v) is 25.3. The van der Waals surface area contributed by atoms with E-state index < -0.39 is 0 Å². The van der Waals surface area contributed by atoms with Crippen molar-refractivity contribution in [2.75, 3.05) is 39.4 Å². The summed E-state index contributed by atoms with van der Waals surface area (Å²) in [4.78, 5) is 29.5. The number of carbonyl (C=O) groups excluding carboxylic acids is 1. The highest BCUT2D eigenvalue weighted by molar-refractivity contribution is 7.19. The zero-order valence-electron chi connectivity index (χ0n) is 24.5. The van der Waals surface area contributed by atoms with Crippen LogP contribution >= 0.6 is 11.3 Å². The van der Waals surface area contributed by atoms with E-state index in [2.05, 4.69) is 51.8 Å². The van der Waals surface area contributed by atoms with E-state index in [9.17, 15) is 4.79 Å². The Morgan fingerprint density at radius 1 is 1.12 bits per heavy atom. The summed E-state index contributed by atoms with van der Waals surface area (Å²) in [7, 11) is 0. The number of aromatic nitrogens is 4. The van der Waals surface area contributed by atoms with Crippen molar-refractivity contribution in [3.63, 3.8) is 0 Å². The van der Waals surface area contributed by atoms with E-state index in [1.807, 2.05) is 15.9 Å². The number of likely N-dealkylation sites (tertiary alicyclic amines) is 1. The molecule has 0 radical (unpaired) electrons. The lowest BCUT2D eigenvalue weighted by atomic mass is 9.89. The number of aryl methyl sites for hydroxylation is 2. The van der Waals surface area contributed by atoms with Gasteiger partial charge in [-0.3, -0.25) is 9.69 Å². The summed E-state index contributed by atoms with van der Waals surface area (Å²) in [6.07, 6.45) is 11.4. The highest BCUT2D eigenvalue weighted by Crippen LogP contribution is 2.48. The molecule has 8 nitrogen and oxygen atoms in total. The minimum atomic E-state index is -0.233. The summed E-state index contributed by atoms with van der Waals surface area (Å²) in [5, 5.41) is 5.93. The molecule has 2 saturated heterocycles. The lowest BCUT2D eigenvalue weighted by Gasteiger charge is -2.39. The number of piperidine rings is 1. The van der Waals surface area contributed by atoms with Crippen LogP contribution in [0.5, 0.6) is 0 Å². The van der Waals surface area contributed by atoms with Gasteiger partial charge >= 0.3 is 0 Å². The molecule has 216 valence electrons. The van der Waals surface area contributed by atoms with E-state index >= 15 is 0 Å². The number of pyridine rings is 1. The number of nitrogens with zero attached hydrogens (tertiary/aromatic N) is 5. The average molecular weight is 573 g/mol. The molecule has 2 aliphatic carbocycles. The minimum Gasteiger partial charge on any atom is -0.379 e. The molecule has 3 fully saturated rings. The lowest BCUT2D eigenvalue weighted by molar-refractivity contribution is -0.142. The van der Waals surface area contributed by atoms with Gasteiger partial charge in [0.2, 0.25) is 5.91 Å². The molecule has 8 rings (SSSR count). The first-order valence-electron chi connectivity index (χ1n) is 15.6. The van der Waals surface area contributed by atoms with E-state index in [1.165, 1.54) is 55.0 Å². The summed E-state index contributed by atoms with van der Waals surface area (Å²) in [6.45, 7) is 12.0. The fourth-order valence-electron chi connectivity index (χ4n) is 8.11. The number of rotatable bonds is 5. The number of fused-ring (bicyclic) bond motifs is 4. The number of thiophene rings is 1. The number of ether oxygens (including phenoxy) is 1.